The summed E-state index contributed by atoms with van der Waals surface area (Å²) in [6, 6.07) is 6.70. The largest absolute Gasteiger partial charge is 0.497 e. The molecule has 0 saturated heterocycles. The summed E-state index contributed by atoms with van der Waals surface area (Å²) >= 11 is 0. The van der Waals surface area contributed by atoms with Crippen LogP contribution in [0, 0.1) is 0 Å². The molecule has 0 aliphatic rings. The Morgan fingerprint density at radius 1 is 1.33 bits per heavy atom. The molecule has 1 aromatic heterocycles. The third kappa shape index (κ3) is 3.17. The smallest absolute Gasteiger partial charge is 0.267 e. The van der Waals surface area contributed by atoms with E-state index in [1.807, 2.05) is 0 Å². The fourth-order valence-corrected chi connectivity index (χ4v) is 2.94. The first-order valence-electron chi connectivity index (χ1n) is 6.25. The van der Waals surface area contributed by atoms with E-state index in [9.17, 15) is 8.42 Å². The predicted molar refractivity (Wildman–Crippen MR) is 77.9 cm³/mol. The molecule has 0 fully saturated rings. The van der Waals surface area contributed by atoms with E-state index in [0.29, 0.717) is 11.4 Å². The van der Waals surface area contributed by atoms with E-state index in [-0.39, 0.29) is 18.0 Å². The molecule has 0 radical (unpaired) electrons. The zero-order chi connectivity index (χ0) is 15.5. The van der Waals surface area contributed by atoms with Crippen molar-refractivity contribution < 1.29 is 18.3 Å². The lowest BCUT2D eigenvalue weighted by atomic mass is 10.3. The normalized spacial score (nSPS) is 11.4. The highest BCUT2D eigenvalue weighted by molar-refractivity contribution is 7.92. The van der Waals surface area contributed by atoms with Crippen LogP contribution in [0.2, 0.25) is 0 Å². The second kappa shape index (κ2) is 6.15. The van der Waals surface area contributed by atoms with Gasteiger partial charge < -0.3 is 9.84 Å². The number of aliphatic hydroxyl groups excluding tert-OH is 1. The number of hydrogen-bond donors (Lipinski definition) is 1. The second-order valence-corrected chi connectivity index (χ2v) is 6.30. The van der Waals surface area contributed by atoms with Gasteiger partial charge in [-0.25, -0.2) is 8.42 Å². The number of hydrogen-bond acceptors (Lipinski definition) is 5. The summed E-state index contributed by atoms with van der Waals surface area (Å²) in [7, 11) is -0.662. The van der Waals surface area contributed by atoms with Gasteiger partial charge in [-0.05, 0) is 24.3 Å². The maximum atomic E-state index is 12.5. The van der Waals surface area contributed by atoms with Crippen molar-refractivity contribution in [1.29, 1.82) is 0 Å². The van der Waals surface area contributed by atoms with Gasteiger partial charge in [-0.1, -0.05) is 0 Å². The quantitative estimate of drug-likeness (QED) is 0.849. The maximum absolute atomic E-state index is 12.5. The first kappa shape index (κ1) is 15.3. The zero-order valence-electron chi connectivity index (χ0n) is 11.8. The first-order chi connectivity index (χ1) is 9.98. The molecule has 21 heavy (non-hydrogen) atoms. The molecule has 0 aliphatic carbocycles. The zero-order valence-corrected chi connectivity index (χ0v) is 12.6. The molecule has 0 bridgehead atoms. The molecule has 0 aliphatic heterocycles. The summed E-state index contributed by atoms with van der Waals surface area (Å²) in [6.45, 7) is 0.150. The monoisotopic (exact) mass is 311 g/mol. The van der Waals surface area contributed by atoms with Gasteiger partial charge in [0, 0.05) is 13.2 Å². The number of sulfonamides is 1. The van der Waals surface area contributed by atoms with Crippen LogP contribution in [-0.4, -0.2) is 44.1 Å². The fraction of sp³-hybridized carbons (Fsp3) is 0.308. The van der Waals surface area contributed by atoms with Gasteiger partial charge in [0.25, 0.3) is 10.0 Å². The van der Waals surface area contributed by atoms with E-state index in [1.54, 1.807) is 31.4 Å². The van der Waals surface area contributed by atoms with Crippen LogP contribution < -0.4 is 9.04 Å². The van der Waals surface area contributed by atoms with Gasteiger partial charge in [0.15, 0.2) is 0 Å². The molecule has 0 spiro atoms. The molecule has 1 aromatic carbocycles. The molecule has 2 aromatic rings. The van der Waals surface area contributed by atoms with Crippen molar-refractivity contribution >= 4 is 15.7 Å². The van der Waals surface area contributed by atoms with Crippen LogP contribution in [0.5, 0.6) is 5.75 Å². The minimum absolute atomic E-state index is 0.0780. The van der Waals surface area contributed by atoms with E-state index < -0.39 is 10.0 Å². The Morgan fingerprint density at radius 3 is 2.57 bits per heavy atom. The molecular weight excluding hydrogens is 294 g/mol. The number of aliphatic hydroxyl groups is 1. The first-order valence-corrected chi connectivity index (χ1v) is 7.69. The van der Waals surface area contributed by atoms with Gasteiger partial charge in [0.1, 0.15) is 10.6 Å². The summed E-state index contributed by atoms with van der Waals surface area (Å²) in [5, 5.41) is 12.7. The molecule has 0 saturated carbocycles. The van der Waals surface area contributed by atoms with Crippen molar-refractivity contribution in [2.75, 3.05) is 25.1 Å². The number of methoxy groups -OCH3 is 1. The van der Waals surface area contributed by atoms with E-state index in [4.69, 9.17) is 9.84 Å². The second-order valence-electron chi connectivity index (χ2n) is 4.33. The maximum Gasteiger partial charge on any atom is 0.267 e. The highest BCUT2D eigenvalue weighted by Crippen LogP contribution is 2.23. The van der Waals surface area contributed by atoms with Gasteiger partial charge in [-0.15, -0.1) is 0 Å². The highest BCUT2D eigenvalue weighted by Gasteiger charge is 2.23. The Labute approximate surface area is 123 Å². The Kier molecular flexibility index (Phi) is 4.49. The standard InChI is InChI=1S/C13H17N3O4S/c1-15(11-3-5-12(20-2)6-4-11)21(18,19)13-9-14-16(10-13)7-8-17/h3-6,9-10,17H,7-8H2,1-2H3. The minimum Gasteiger partial charge on any atom is -0.497 e. The van der Waals surface area contributed by atoms with Crippen LogP contribution in [0.3, 0.4) is 0 Å². The van der Waals surface area contributed by atoms with Crippen molar-refractivity contribution in [1.82, 2.24) is 9.78 Å². The lowest BCUT2D eigenvalue weighted by Crippen LogP contribution is -2.26. The molecular formula is C13H17N3O4S. The third-order valence-corrected chi connectivity index (χ3v) is 4.77. The predicted octanol–water partition coefficient (Wildman–Crippen LogP) is 0.709. The van der Waals surface area contributed by atoms with Crippen LogP contribution in [0.1, 0.15) is 0 Å². The number of aromatic nitrogens is 2. The van der Waals surface area contributed by atoms with E-state index in [2.05, 4.69) is 5.10 Å². The average molecular weight is 311 g/mol. The van der Waals surface area contributed by atoms with Crippen molar-refractivity contribution in [2.24, 2.45) is 0 Å². The lowest BCUT2D eigenvalue weighted by molar-refractivity contribution is 0.269. The number of ether oxygens (including phenoxy) is 1. The van der Waals surface area contributed by atoms with Crippen molar-refractivity contribution in [3.8, 4) is 5.75 Å². The molecule has 1 N–H and O–H groups in total. The van der Waals surface area contributed by atoms with Gasteiger partial charge >= 0.3 is 0 Å². The Hall–Kier alpha value is -2.06. The Morgan fingerprint density at radius 2 is 2.00 bits per heavy atom. The summed E-state index contributed by atoms with van der Waals surface area (Å²) in [4.78, 5) is 0.0780. The Bertz CT molecular complexity index is 694. The average Bonchev–Trinajstić information content (AvgIpc) is 2.96. The SMILES string of the molecule is COc1ccc(N(C)S(=O)(=O)c2cnn(CCO)c2)cc1. The number of benzene rings is 1. The van der Waals surface area contributed by atoms with Crippen LogP contribution >= 0.6 is 0 Å². The molecule has 8 heteroatoms. The van der Waals surface area contributed by atoms with Crippen molar-refractivity contribution in [2.45, 2.75) is 11.4 Å². The minimum atomic E-state index is -3.68. The van der Waals surface area contributed by atoms with Gasteiger partial charge in [-0.2, -0.15) is 5.10 Å². The van der Waals surface area contributed by atoms with Crippen LogP contribution in [0.25, 0.3) is 0 Å². The van der Waals surface area contributed by atoms with Crippen molar-refractivity contribution in [3.05, 3.63) is 36.7 Å². The molecule has 114 valence electrons. The number of nitrogens with zero attached hydrogens (tertiary/aromatic N) is 3. The molecule has 0 atom stereocenters. The lowest BCUT2D eigenvalue weighted by Gasteiger charge is -2.18. The van der Waals surface area contributed by atoms with E-state index in [0.717, 1.165) is 0 Å². The molecule has 7 nitrogen and oxygen atoms in total. The van der Waals surface area contributed by atoms with Gasteiger partial charge in [0.2, 0.25) is 0 Å². The van der Waals surface area contributed by atoms with E-state index >= 15 is 0 Å². The fourth-order valence-electron chi connectivity index (χ4n) is 1.79. The number of rotatable bonds is 6. The summed E-state index contributed by atoms with van der Waals surface area (Å²) in [5.74, 6) is 0.653. The van der Waals surface area contributed by atoms with Gasteiger partial charge in [0.05, 0.1) is 32.1 Å². The van der Waals surface area contributed by atoms with Gasteiger partial charge in [-0.3, -0.25) is 8.99 Å². The summed E-state index contributed by atoms with van der Waals surface area (Å²) < 4.78 is 32.6. The van der Waals surface area contributed by atoms with Crippen LogP contribution in [0.15, 0.2) is 41.6 Å². The molecule has 1 heterocycles. The summed E-state index contributed by atoms with van der Waals surface area (Å²) in [6.07, 6.45) is 2.66. The topological polar surface area (TPSA) is 84.7 Å². The molecule has 0 unspecified atom stereocenters. The summed E-state index contributed by atoms with van der Waals surface area (Å²) in [5.41, 5.74) is 0.519. The Balaban J connectivity index is 2.28. The van der Waals surface area contributed by atoms with Crippen molar-refractivity contribution in [3.63, 3.8) is 0 Å². The third-order valence-electron chi connectivity index (χ3n) is 3.03. The van der Waals surface area contributed by atoms with Crippen LogP contribution in [0.4, 0.5) is 5.69 Å². The molecule has 0 amide bonds. The van der Waals surface area contributed by atoms with Crippen LogP contribution in [-0.2, 0) is 16.6 Å². The van der Waals surface area contributed by atoms with E-state index in [1.165, 1.54) is 28.4 Å². The number of anilines is 1. The molecule has 2 rings (SSSR count). The highest BCUT2D eigenvalue weighted by atomic mass is 32.2.